The fourth-order valence-electron chi connectivity index (χ4n) is 4.74. The first-order valence-corrected chi connectivity index (χ1v) is 9.94. The van der Waals surface area contributed by atoms with Crippen molar-refractivity contribution in [2.75, 3.05) is 0 Å². The van der Waals surface area contributed by atoms with Crippen LogP contribution < -0.4 is 9.13 Å². The van der Waals surface area contributed by atoms with E-state index in [1.807, 2.05) is 0 Å². The molecule has 0 unspecified atom stereocenters. The summed E-state index contributed by atoms with van der Waals surface area (Å²) in [5.41, 5.74) is 0.806. The minimum Gasteiger partial charge on any atom is -0.207 e. The number of pyridine rings is 2. The molecule has 0 bridgehead atoms. The SMILES string of the molecule is Fc1cc(F)c2c(c1)C=C1c3cc(F)cc(F)c3-c3ccc(F)c[n+]3[C@@H]1[n+]1cc(F)ccc1-2. The summed E-state index contributed by atoms with van der Waals surface area (Å²) in [4.78, 5) is 0. The number of hydrogen-bond donors (Lipinski definition) is 0. The predicted molar refractivity (Wildman–Crippen MR) is 106 cm³/mol. The highest BCUT2D eigenvalue weighted by Gasteiger charge is 2.47. The standard InChI is InChI=1S/C25H12F6N2/c26-13-1-3-21-23-12(5-15(28)8-19(23)30)6-18-17-7-16(29)9-20(31)24(17)22-4-2-14(27)11-33(22)25(18)32(21)10-13/h1-11,25H/q+2/t25-/m0/s1. The summed E-state index contributed by atoms with van der Waals surface area (Å²) in [5.74, 6) is -4.81. The van der Waals surface area contributed by atoms with Crippen LogP contribution in [0.15, 0.2) is 60.9 Å². The molecule has 0 aliphatic carbocycles. The lowest BCUT2D eigenvalue weighted by molar-refractivity contribution is -0.920. The Morgan fingerprint density at radius 2 is 1.12 bits per heavy atom. The van der Waals surface area contributed by atoms with Crippen molar-refractivity contribution in [3.05, 3.63) is 107 Å². The van der Waals surface area contributed by atoms with Crippen molar-refractivity contribution in [3.8, 4) is 22.5 Å². The summed E-state index contributed by atoms with van der Waals surface area (Å²) in [5, 5.41) is 0. The van der Waals surface area contributed by atoms with Gasteiger partial charge in [0.1, 0.15) is 28.8 Å². The van der Waals surface area contributed by atoms with Crippen LogP contribution in [0.5, 0.6) is 0 Å². The molecule has 0 N–H and O–H groups in total. The molecule has 2 aromatic heterocycles. The molecule has 1 atom stereocenters. The molecule has 33 heavy (non-hydrogen) atoms. The van der Waals surface area contributed by atoms with Crippen LogP contribution in [0.3, 0.4) is 0 Å². The van der Waals surface area contributed by atoms with Gasteiger partial charge >= 0.3 is 6.17 Å². The molecule has 2 nitrogen and oxygen atoms in total. The largest absolute Gasteiger partial charge is 0.381 e. The number of aromatic nitrogens is 2. The molecule has 0 fully saturated rings. The summed E-state index contributed by atoms with van der Waals surface area (Å²) in [6.07, 6.45) is 2.56. The predicted octanol–water partition coefficient (Wildman–Crippen LogP) is 5.34. The maximum absolute atomic E-state index is 15.0. The van der Waals surface area contributed by atoms with Gasteiger partial charge in [-0.1, -0.05) is 0 Å². The Bertz CT molecular complexity index is 1530. The lowest BCUT2D eigenvalue weighted by Gasteiger charge is -2.22. The van der Waals surface area contributed by atoms with Crippen molar-refractivity contribution in [1.29, 1.82) is 0 Å². The third-order valence-electron chi connectivity index (χ3n) is 5.96. The second kappa shape index (κ2) is 6.78. The third-order valence-corrected chi connectivity index (χ3v) is 5.96. The van der Waals surface area contributed by atoms with Crippen LogP contribution in [0.2, 0.25) is 0 Å². The van der Waals surface area contributed by atoms with Gasteiger partial charge < -0.3 is 0 Å². The second-order valence-electron chi connectivity index (χ2n) is 7.92. The summed E-state index contributed by atoms with van der Waals surface area (Å²) in [7, 11) is 0. The van der Waals surface area contributed by atoms with Crippen molar-refractivity contribution < 1.29 is 35.5 Å². The van der Waals surface area contributed by atoms with Crippen molar-refractivity contribution in [3.63, 3.8) is 0 Å². The Morgan fingerprint density at radius 3 is 1.76 bits per heavy atom. The van der Waals surface area contributed by atoms with Gasteiger partial charge in [-0.25, -0.2) is 26.3 Å². The van der Waals surface area contributed by atoms with Gasteiger partial charge in [0, 0.05) is 29.8 Å². The Morgan fingerprint density at radius 1 is 0.576 bits per heavy atom. The molecule has 0 saturated heterocycles. The Balaban J connectivity index is 1.83. The zero-order valence-electron chi connectivity index (χ0n) is 16.6. The molecule has 2 aliphatic heterocycles. The monoisotopic (exact) mass is 454 g/mol. The Labute approximate surface area is 183 Å². The van der Waals surface area contributed by atoms with Crippen LogP contribution in [-0.2, 0) is 0 Å². The maximum atomic E-state index is 15.0. The number of benzene rings is 2. The number of allylic oxidation sites excluding steroid dienone is 1. The number of halogens is 6. The first-order chi connectivity index (χ1) is 15.8. The molecule has 4 heterocycles. The molecule has 2 aliphatic rings. The summed E-state index contributed by atoms with van der Waals surface area (Å²) in [6, 6.07) is 8.51. The lowest BCUT2D eigenvalue weighted by atomic mass is 9.89. The van der Waals surface area contributed by atoms with E-state index in [0.29, 0.717) is 12.1 Å². The van der Waals surface area contributed by atoms with E-state index in [-0.39, 0.29) is 39.2 Å². The van der Waals surface area contributed by atoms with E-state index in [0.717, 1.165) is 36.7 Å². The highest BCUT2D eigenvalue weighted by atomic mass is 19.2. The van der Waals surface area contributed by atoms with Crippen LogP contribution >= 0.6 is 0 Å². The summed E-state index contributed by atoms with van der Waals surface area (Å²) >= 11 is 0. The van der Waals surface area contributed by atoms with E-state index in [1.165, 1.54) is 27.3 Å². The Hall–Kier alpha value is -3.94. The molecule has 162 valence electrons. The highest BCUT2D eigenvalue weighted by Crippen LogP contribution is 2.43. The highest BCUT2D eigenvalue weighted by molar-refractivity contribution is 5.93. The maximum Gasteiger partial charge on any atom is 0.381 e. The average molecular weight is 454 g/mol. The fraction of sp³-hybridized carbons (Fsp3) is 0.0400. The number of nitrogens with zero attached hydrogens (tertiary/aromatic N) is 2. The van der Waals surface area contributed by atoms with Crippen molar-refractivity contribution in [2.45, 2.75) is 6.17 Å². The molecule has 0 saturated carbocycles. The quantitative estimate of drug-likeness (QED) is 0.250. The minimum absolute atomic E-state index is 0.00206. The van der Waals surface area contributed by atoms with Gasteiger partial charge in [0.15, 0.2) is 11.6 Å². The zero-order valence-corrected chi connectivity index (χ0v) is 16.6. The van der Waals surface area contributed by atoms with Crippen LogP contribution in [0.1, 0.15) is 17.3 Å². The zero-order chi connectivity index (χ0) is 23.0. The van der Waals surface area contributed by atoms with Gasteiger partial charge in [-0.15, -0.1) is 9.13 Å². The third kappa shape index (κ3) is 2.83. The molecule has 8 heteroatoms. The van der Waals surface area contributed by atoms with Crippen LogP contribution in [0.25, 0.3) is 34.2 Å². The van der Waals surface area contributed by atoms with Gasteiger partial charge in [-0.2, -0.15) is 0 Å². The van der Waals surface area contributed by atoms with Crippen molar-refractivity contribution in [2.24, 2.45) is 0 Å². The lowest BCUT2D eigenvalue weighted by Crippen LogP contribution is -2.61. The molecular formula is C25H12F6N2+2. The van der Waals surface area contributed by atoms with E-state index < -0.39 is 41.1 Å². The average Bonchev–Trinajstić information content (AvgIpc) is 2.88. The minimum atomic E-state index is -1.04. The molecule has 4 aromatic rings. The summed E-state index contributed by atoms with van der Waals surface area (Å²) in [6.45, 7) is 0. The van der Waals surface area contributed by atoms with Crippen LogP contribution in [-0.4, -0.2) is 0 Å². The molecule has 0 radical (unpaired) electrons. The summed E-state index contributed by atoms with van der Waals surface area (Å²) < 4.78 is 89.9. The van der Waals surface area contributed by atoms with Crippen molar-refractivity contribution in [1.82, 2.24) is 0 Å². The van der Waals surface area contributed by atoms with E-state index >= 15 is 0 Å². The van der Waals surface area contributed by atoms with E-state index in [2.05, 4.69) is 0 Å². The molecule has 0 amide bonds. The Kier molecular flexibility index (Phi) is 4.05. The van der Waals surface area contributed by atoms with E-state index in [4.69, 9.17) is 0 Å². The molecule has 0 spiro atoms. The van der Waals surface area contributed by atoms with Gasteiger partial charge in [0.2, 0.25) is 23.8 Å². The smallest absolute Gasteiger partial charge is 0.207 e. The fourth-order valence-corrected chi connectivity index (χ4v) is 4.74. The number of fused-ring (bicyclic) bond motifs is 10. The van der Waals surface area contributed by atoms with Gasteiger partial charge in [-0.3, -0.25) is 0 Å². The second-order valence-corrected chi connectivity index (χ2v) is 7.92. The van der Waals surface area contributed by atoms with Gasteiger partial charge in [-0.05, 0) is 35.9 Å². The van der Waals surface area contributed by atoms with Gasteiger partial charge in [0.25, 0.3) is 0 Å². The molecular weight excluding hydrogens is 442 g/mol. The van der Waals surface area contributed by atoms with E-state index in [9.17, 15) is 26.3 Å². The first kappa shape index (κ1) is 19.7. The van der Waals surface area contributed by atoms with Crippen LogP contribution in [0, 0.1) is 34.9 Å². The molecule has 6 rings (SSSR count). The first-order valence-electron chi connectivity index (χ1n) is 9.94. The van der Waals surface area contributed by atoms with Crippen LogP contribution in [0.4, 0.5) is 26.3 Å². The van der Waals surface area contributed by atoms with Crippen molar-refractivity contribution >= 4 is 11.6 Å². The number of hydrogen-bond acceptors (Lipinski definition) is 0. The molecule has 2 aromatic carbocycles. The number of rotatable bonds is 0. The van der Waals surface area contributed by atoms with E-state index in [1.54, 1.807) is 0 Å². The van der Waals surface area contributed by atoms with Gasteiger partial charge in [0.05, 0.1) is 11.1 Å². The normalized spacial score (nSPS) is 15.5. The topological polar surface area (TPSA) is 7.76 Å².